The molecule has 2 aromatic rings. The van der Waals surface area contributed by atoms with Crippen LogP contribution >= 0.6 is 11.5 Å². The lowest BCUT2D eigenvalue weighted by Crippen LogP contribution is -2.48. The van der Waals surface area contributed by atoms with Gasteiger partial charge in [-0.25, -0.2) is 4.98 Å². The minimum Gasteiger partial charge on any atom is -0.343 e. The number of aryl methyl sites for hydroxylation is 1. The molecule has 1 aromatic carbocycles. The summed E-state index contributed by atoms with van der Waals surface area (Å²) >= 11 is 1.47. The number of piperazine rings is 1. The number of nitrogens with zero attached hydrogens (tertiary/aromatic N) is 4. The summed E-state index contributed by atoms with van der Waals surface area (Å²) in [6.07, 6.45) is 8.83. The lowest BCUT2D eigenvalue weighted by molar-refractivity contribution is -0.131. The minimum atomic E-state index is 0.317. The number of carbonyl (C=O) groups is 1. The van der Waals surface area contributed by atoms with Gasteiger partial charge in [-0.1, -0.05) is 68.9 Å². The molecule has 0 N–H and O–H groups in total. The summed E-state index contributed by atoms with van der Waals surface area (Å²) in [7, 11) is 0. The van der Waals surface area contributed by atoms with Gasteiger partial charge in [0.25, 0.3) is 0 Å². The first-order valence-corrected chi connectivity index (χ1v) is 11.8. The molecule has 0 unspecified atom stereocenters. The molecule has 2 heterocycles. The first-order chi connectivity index (χ1) is 14.2. The van der Waals surface area contributed by atoms with Crippen LogP contribution in [-0.2, 0) is 11.2 Å². The van der Waals surface area contributed by atoms with Crippen molar-refractivity contribution in [2.75, 3.05) is 31.1 Å². The van der Waals surface area contributed by atoms with Crippen LogP contribution in [0.25, 0.3) is 0 Å². The smallest absolute Gasteiger partial charge is 0.222 e. The number of rotatable bonds is 10. The van der Waals surface area contributed by atoms with Crippen LogP contribution in [0.4, 0.5) is 5.13 Å². The van der Waals surface area contributed by atoms with Gasteiger partial charge in [-0.05, 0) is 18.9 Å². The Hall–Kier alpha value is -1.95. The molecule has 1 aromatic heterocycles. The summed E-state index contributed by atoms with van der Waals surface area (Å²) in [5.74, 6) is 1.20. The Morgan fingerprint density at radius 2 is 1.69 bits per heavy atom. The second-order valence-corrected chi connectivity index (χ2v) is 8.77. The molecule has 0 bridgehead atoms. The molecule has 1 aliphatic heterocycles. The van der Waals surface area contributed by atoms with Crippen molar-refractivity contribution in [1.82, 2.24) is 14.3 Å². The third-order valence-corrected chi connectivity index (χ3v) is 6.40. The number of anilines is 1. The summed E-state index contributed by atoms with van der Waals surface area (Å²) < 4.78 is 4.54. The van der Waals surface area contributed by atoms with Crippen molar-refractivity contribution < 1.29 is 4.79 Å². The lowest BCUT2D eigenvalue weighted by atomic mass is 10.1. The summed E-state index contributed by atoms with van der Waals surface area (Å²) in [6.45, 7) is 7.61. The maximum absolute atomic E-state index is 12.4. The zero-order valence-electron chi connectivity index (χ0n) is 17.9. The Morgan fingerprint density at radius 1 is 1.00 bits per heavy atom. The molecule has 29 heavy (non-hydrogen) atoms. The maximum atomic E-state index is 12.4. The predicted octanol–water partition coefficient (Wildman–Crippen LogP) is 4.84. The fourth-order valence-electron chi connectivity index (χ4n) is 3.70. The average Bonchev–Trinajstić information content (AvgIpc) is 3.21. The SMILES string of the molecule is CCCCCCCCC(=O)N1CCN(c2nc(Cc3ccc(C)cc3)ns2)CC1. The summed E-state index contributed by atoms with van der Waals surface area (Å²) in [5.41, 5.74) is 2.51. The topological polar surface area (TPSA) is 49.3 Å². The number of benzene rings is 1. The Balaban J connectivity index is 1.39. The standard InChI is InChI=1S/C23H34N4OS/c1-3-4-5-6-7-8-9-22(28)26-14-16-27(17-15-26)23-24-21(25-29-23)18-20-12-10-19(2)11-13-20/h10-13H,3-9,14-18H2,1-2H3. The van der Waals surface area contributed by atoms with E-state index in [4.69, 9.17) is 4.98 Å². The zero-order valence-corrected chi connectivity index (χ0v) is 18.7. The van der Waals surface area contributed by atoms with E-state index in [1.165, 1.54) is 54.8 Å². The third kappa shape index (κ3) is 6.81. The highest BCUT2D eigenvalue weighted by Gasteiger charge is 2.23. The second kappa shape index (κ2) is 11.3. The normalized spacial score (nSPS) is 14.4. The Labute approximate surface area is 179 Å². The molecule has 0 spiro atoms. The number of hydrogen-bond donors (Lipinski definition) is 0. The maximum Gasteiger partial charge on any atom is 0.222 e. The summed E-state index contributed by atoms with van der Waals surface area (Å²) in [5, 5.41) is 0.982. The van der Waals surface area contributed by atoms with Gasteiger partial charge in [-0.15, -0.1) is 0 Å². The molecule has 0 saturated carbocycles. The second-order valence-electron chi connectivity index (χ2n) is 8.04. The molecule has 158 valence electrons. The van der Waals surface area contributed by atoms with E-state index in [-0.39, 0.29) is 0 Å². The summed E-state index contributed by atoms with van der Waals surface area (Å²) in [6, 6.07) is 8.54. The van der Waals surface area contributed by atoms with Crippen LogP contribution < -0.4 is 4.90 Å². The molecule has 3 rings (SSSR count). The van der Waals surface area contributed by atoms with Crippen molar-refractivity contribution in [3.8, 4) is 0 Å². The molecule has 1 amide bonds. The van der Waals surface area contributed by atoms with Gasteiger partial charge in [0.2, 0.25) is 11.0 Å². The first-order valence-electron chi connectivity index (χ1n) is 11.1. The highest BCUT2D eigenvalue weighted by molar-refractivity contribution is 7.09. The van der Waals surface area contributed by atoms with Crippen LogP contribution in [0.2, 0.25) is 0 Å². The number of carbonyl (C=O) groups excluding carboxylic acids is 1. The number of hydrogen-bond acceptors (Lipinski definition) is 5. The molecule has 5 nitrogen and oxygen atoms in total. The van der Waals surface area contributed by atoms with Crippen LogP contribution in [-0.4, -0.2) is 46.3 Å². The van der Waals surface area contributed by atoms with Gasteiger partial charge in [0.1, 0.15) is 5.82 Å². The van der Waals surface area contributed by atoms with E-state index in [9.17, 15) is 4.79 Å². The molecule has 1 saturated heterocycles. The fraction of sp³-hybridized carbons (Fsp3) is 0.609. The molecular formula is C23H34N4OS. The van der Waals surface area contributed by atoms with E-state index in [1.54, 1.807) is 0 Å². The zero-order chi connectivity index (χ0) is 20.5. The van der Waals surface area contributed by atoms with Gasteiger partial charge in [0.05, 0.1) is 0 Å². The highest BCUT2D eigenvalue weighted by Crippen LogP contribution is 2.21. The van der Waals surface area contributed by atoms with Gasteiger partial charge in [-0.3, -0.25) is 4.79 Å². The number of unbranched alkanes of at least 4 members (excludes halogenated alkanes) is 5. The molecule has 6 heteroatoms. The fourth-order valence-corrected chi connectivity index (χ4v) is 4.43. The van der Waals surface area contributed by atoms with Crippen LogP contribution in [0, 0.1) is 6.92 Å². The van der Waals surface area contributed by atoms with Crippen LogP contribution in [0.3, 0.4) is 0 Å². The van der Waals surface area contributed by atoms with Gasteiger partial charge < -0.3 is 9.80 Å². The van der Waals surface area contributed by atoms with Gasteiger partial charge in [0, 0.05) is 50.6 Å². The number of amides is 1. The van der Waals surface area contributed by atoms with Crippen LogP contribution in [0.5, 0.6) is 0 Å². The largest absolute Gasteiger partial charge is 0.343 e. The molecule has 1 fully saturated rings. The Kier molecular flexibility index (Phi) is 8.47. The number of aromatic nitrogens is 2. The first kappa shape index (κ1) is 21.8. The minimum absolute atomic E-state index is 0.317. The van der Waals surface area contributed by atoms with Crippen molar-refractivity contribution in [2.24, 2.45) is 0 Å². The average molecular weight is 415 g/mol. The third-order valence-electron chi connectivity index (χ3n) is 5.59. The molecular weight excluding hydrogens is 380 g/mol. The van der Waals surface area contributed by atoms with Crippen molar-refractivity contribution in [1.29, 1.82) is 0 Å². The monoisotopic (exact) mass is 414 g/mol. The van der Waals surface area contributed by atoms with E-state index >= 15 is 0 Å². The van der Waals surface area contributed by atoms with Crippen molar-refractivity contribution in [3.05, 3.63) is 41.2 Å². The summed E-state index contributed by atoms with van der Waals surface area (Å²) in [4.78, 5) is 21.5. The van der Waals surface area contributed by atoms with E-state index in [2.05, 4.69) is 47.4 Å². The quantitative estimate of drug-likeness (QED) is 0.522. The molecule has 0 aliphatic carbocycles. The van der Waals surface area contributed by atoms with Crippen LogP contribution in [0.15, 0.2) is 24.3 Å². The van der Waals surface area contributed by atoms with E-state index in [1.807, 2.05) is 4.90 Å². The van der Waals surface area contributed by atoms with Crippen molar-refractivity contribution in [3.63, 3.8) is 0 Å². The highest BCUT2D eigenvalue weighted by atomic mass is 32.1. The van der Waals surface area contributed by atoms with Crippen LogP contribution in [0.1, 0.15) is 68.8 Å². The van der Waals surface area contributed by atoms with E-state index in [0.717, 1.165) is 50.0 Å². The Morgan fingerprint density at radius 3 is 2.41 bits per heavy atom. The van der Waals surface area contributed by atoms with Gasteiger partial charge in [-0.2, -0.15) is 4.37 Å². The molecule has 0 atom stereocenters. The van der Waals surface area contributed by atoms with E-state index < -0.39 is 0 Å². The molecule has 1 aliphatic rings. The van der Waals surface area contributed by atoms with E-state index in [0.29, 0.717) is 12.3 Å². The molecule has 0 radical (unpaired) electrons. The Bertz CT molecular complexity index is 750. The predicted molar refractivity (Wildman–Crippen MR) is 121 cm³/mol. The van der Waals surface area contributed by atoms with Crippen molar-refractivity contribution >= 4 is 22.6 Å². The van der Waals surface area contributed by atoms with Gasteiger partial charge >= 0.3 is 0 Å². The van der Waals surface area contributed by atoms with Gasteiger partial charge in [0.15, 0.2) is 0 Å². The lowest BCUT2D eigenvalue weighted by Gasteiger charge is -2.34. The van der Waals surface area contributed by atoms with Crippen molar-refractivity contribution in [2.45, 2.75) is 65.2 Å².